The summed E-state index contributed by atoms with van der Waals surface area (Å²) in [6.45, 7) is 2.00. The predicted molar refractivity (Wildman–Crippen MR) is 78.6 cm³/mol. The largest absolute Gasteiger partial charge is 0.313 e. The summed E-state index contributed by atoms with van der Waals surface area (Å²) < 4.78 is 28.1. The number of rotatable bonds is 4. The summed E-state index contributed by atoms with van der Waals surface area (Å²) in [4.78, 5) is 0. The van der Waals surface area contributed by atoms with E-state index in [4.69, 9.17) is 0 Å². The zero-order valence-corrected chi connectivity index (χ0v) is 13.0. The molecule has 2 aromatic rings. The molecular weight excluding hydrogens is 332 g/mol. The Balaban J connectivity index is 2.34. The third-order valence-corrected chi connectivity index (χ3v) is 4.66. The van der Waals surface area contributed by atoms with E-state index >= 15 is 0 Å². The van der Waals surface area contributed by atoms with Crippen LogP contribution in [0.1, 0.15) is 22.7 Å². The molecule has 1 heterocycles. The molecule has 0 aliphatic heterocycles. The molecule has 1 N–H and O–H groups in total. The first-order valence-electron chi connectivity index (χ1n) is 5.87. The van der Waals surface area contributed by atoms with Crippen LogP contribution in [0.2, 0.25) is 0 Å². The zero-order chi connectivity index (χ0) is 14.0. The highest BCUT2D eigenvalue weighted by atomic mass is 79.9. The highest BCUT2D eigenvalue weighted by molar-refractivity contribution is 9.10. The molecule has 0 saturated carbocycles. The number of nitrogens with one attached hydrogen (secondary N) is 1. The van der Waals surface area contributed by atoms with E-state index in [9.17, 15) is 8.78 Å². The van der Waals surface area contributed by atoms with Gasteiger partial charge in [-0.05, 0) is 70.3 Å². The topological polar surface area (TPSA) is 12.0 Å². The molecule has 0 saturated heterocycles. The van der Waals surface area contributed by atoms with E-state index in [2.05, 4.69) is 21.2 Å². The Morgan fingerprint density at radius 3 is 2.63 bits per heavy atom. The molecule has 102 valence electrons. The van der Waals surface area contributed by atoms with E-state index in [0.29, 0.717) is 4.47 Å². The molecule has 0 aliphatic carbocycles. The minimum atomic E-state index is -0.520. The number of halogens is 3. The van der Waals surface area contributed by atoms with Crippen LogP contribution in [0.5, 0.6) is 0 Å². The maximum atomic E-state index is 14.0. The summed E-state index contributed by atoms with van der Waals surface area (Å²) in [5.74, 6) is -1.03. The van der Waals surface area contributed by atoms with Gasteiger partial charge in [-0.1, -0.05) is 0 Å². The molecule has 1 unspecified atom stereocenters. The molecule has 0 radical (unpaired) electrons. The summed E-state index contributed by atoms with van der Waals surface area (Å²) in [6, 6.07) is 2.58. The normalized spacial score (nSPS) is 12.7. The highest BCUT2D eigenvalue weighted by Crippen LogP contribution is 2.29. The standard InChI is InChI=1S/C14H14BrF2NS/c1-8-6-19-7-10(8)13(18-2)5-9-12(16)4-3-11(15)14(9)17/h3-4,6-7,13,18H,5H2,1-2H3. The first-order valence-corrected chi connectivity index (χ1v) is 7.60. The lowest BCUT2D eigenvalue weighted by molar-refractivity contribution is 0.512. The number of benzene rings is 1. The summed E-state index contributed by atoms with van der Waals surface area (Å²) in [5, 5.41) is 7.18. The molecule has 2 rings (SSSR count). The molecule has 1 atom stereocenters. The fraction of sp³-hybridized carbons (Fsp3) is 0.286. The van der Waals surface area contributed by atoms with E-state index < -0.39 is 11.6 Å². The van der Waals surface area contributed by atoms with Gasteiger partial charge in [0.1, 0.15) is 11.6 Å². The molecular formula is C14H14BrF2NS. The van der Waals surface area contributed by atoms with Crippen molar-refractivity contribution in [3.63, 3.8) is 0 Å². The smallest absolute Gasteiger partial charge is 0.143 e. The molecule has 19 heavy (non-hydrogen) atoms. The molecule has 0 amide bonds. The SMILES string of the molecule is CNC(Cc1c(F)ccc(Br)c1F)c1cscc1C. The molecule has 1 aromatic carbocycles. The summed E-state index contributed by atoms with van der Waals surface area (Å²) in [6.07, 6.45) is 0.283. The Morgan fingerprint density at radius 1 is 1.32 bits per heavy atom. The molecule has 0 fully saturated rings. The van der Waals surface area contributed by atoms with Crippen molar-refractivity contribution in [2.45, 2.75) is 19.4 Å². The third kappa shape index (κ3) is 3.04. The van der Waals surface area contributed by atoms with Crippen LogP contribution in [-0.4, -0.2) is 7.05 Å². The maximum absolute atomic E-state index is 14.0. The number of likely N-dealkylation sites (N-methyl/N-ethyl adjacent to an activating group) is 1. The van der Waals surface area contributed by atoms with Crippen molar-refractivity contribution < 1.29 is 8.78 Å². The van der Waals surface area contributed by atoms with Gasteiger partial charge in [-0.2, -0.15) is 11.3 Å². The van der Waals surface area contributed by atoms with E-state index in [-0.39, 0.29) is 18.0 Å². The average Bonchev–Trinajstić information content (AvgIpc) is 2.81. The van der Waals surface area contributed by atoms with Gasteiger partial charge in [0.05, 0.1) is 4.47 Å². The van der Waals surface area contributed by atoms with Gasteiger partial charge in [-0.3, -0.25) is 0 Å². The molecule has 1 aromatic heterocycles. The first-order chi connectivity index (χ1) is 9.04. The monoisotopic (exact) mass is 345 g/mol. The fourth-order valence-corrected chi connectivity index (χ4v) is 3.33. The van der Waals surface area contributed by atoms with Crippen LogP contribution < -0.4 is 5.32 Å². The van der Waals surface area contributed by atoms with Gasteiger partial charge in [0.25, 0.3) is 0 Å². The second-order valence-corrected chi connectivity index (χ2v) is 5.98. The number of thiophene rings is 1. The number of aryl methyl sites for hydroxylation is 1. The van der Waals surface area contributed by atoms with Gasteiger partial charge in [0.2, 0.25) is 0 Å². The second-order valence-electron chi connectivity index (χ2n) is 4.38. The molecule has 0 bridgehead atoms. The van der Waals surface area contributed by atoms with Gasteiger partial charge in [0.15, 0.2) is 0 Å². The van der Waals surface area contributed by atoms with E-state index in [1.165, 1.54) is 12.1 Å². The Kier molecular flexibility index (Phi) is 4.71. The van der Waals surface area contributed by atoms with Crippen molar-refractivity contribution >= 4 is 27.3 Å². The minimum absolute atomic E-state index is 0.0930. The van der Waals surface area contributed by atoms with Gasteiger partial charge in [0, 0.05) is 11.6 Å². The van der Waals surface area contributed by atoms with E-state index in [1.807, 2.05) is 17.7 Å². The zero-order valence-electron chi connectivity index (χ0n) is 10.6. The molecule has 1 nitrogen and oxygen atoms in total. The Morgan fingerprint density at radius 2 is 2.05 bits per heavy atom. The van der Waals surface area contributed by atoms with Crippen molar-refractivity contribution in [3.05, 3.63) is 55.7 Å². The molecule has 0 spiro atoms. The Hall–Kier alpha value is -0.780. The number of hydrogen-bond acceptors (Lipinski definition) is 2. The van der Waals surface area contributed by atoms with Crippen LogP contribution in [0.3, 0.4) is 0 Å². The minimum Gasteiger partial charge on any atom is -0.313 e. The van der Waals surface area contributed by atoms with Crippen LogP contribution in [0, 0.1) is 18.6 Å². The van der Waals surface area contributed by atoms with Crippen molar-refractivity contribution in [2.75, 3.05) is 7.05 Å². The molecule has 5 heteroatoms. The Labute approximate surface area is 123 Å². The van der Waals surface area contributed by atoms with Gasteiger partial charge >= 0.3 is 0 Å². The maximum Gasteiger partial charge on any atom is 0.143 e. The fourth-order valence-electron chi connectivity index (χ4n) is 2.06. The number of hydrogen-bond donors (Lipinski definition) is 1. The summed E-state index contributed by atoms with van der Waals surface area (Å²) in [5.41, 5.74) is 2.34. The van der Waals surface area contributed by atoms with E-state index in [1.54, 1.807) is 18.4 Å². The van der Waals surface area contributed by atoms with Gasteiger partial charge in [-0.15, -0.1) is 0 Å². The third-order valence-electron chi connectivity index (χ3n) is 3.17. The van der Waals surface area contributed by atoms with Crippen LogP contribution >= 0.6 is 27.3 Å². The lowest BCUT2D eigenvalue weighted by atomic mass is 9.98. The van der Waals surface area contributed by atoms with Gasteiger partial charge in [-0.25, -0.2) is 8.78 Å². The van der Waals surface area contributed by atoms with Crippen LogP contribution in [-0.2, 0) is 6.42 Å². The van der Waals surface area contributed by atoms with Gasteiger partial charge < -0.3 is 5.32 Å². The lowest BCUT2D eigenvalue weighted by Crippen LogP contribution is -2.20. The van der Waals surface area contributed by atoms with Crippen LogP contribution in [0.15, 0.2) is 27.4 Å². The van der Waals surface area contributed by atoms with Crippen molar-refractivity contribution in [3.8, 4) is 0 Å². The van der Waals surface area contributed by atoms with Crippen molar-refractivity contribution in [1.82, 2.24) is 5.32 Å². The van der Waals surface area contributed by atoms with Crippen LogP contribution in [0.25, 0.3) is 0 Å². The summed E-state index contributed by atoms with van der Waals surface area (Å²) in [7, 11) is 1.80. The highest BCUT2D eigenvalue weighted by Gasteiger charge is 2.19. The van der Waals surface area contributed by atoms with Crippen molar-refractivity contribution in [1.29, 1.82) is 0 Å². The second kappa shape index (κ2) is 6.11. The summed E-state index contributed by atoms with van der Waals surface area (Å²) >= 11 is 4.69. The quantitative estimate of drug-likeness (QED) is 0.798. The average molecular weight is 346 g/mol. The lowest BCUT2D eigenvalue weighted by Gasteiger charge is -2.17. The molecule has 0 aliphatic rings. The van der Waals surface area contributed by atoms with Crippen LogP contribution in [0.4, 0.5) is 8.78 Å². The Bertz CT molecular complexity index is 583. The first kappa shape index (κ1) is 14.6. The predicted octanol–water partition coefficient (Wildman–Crippen LogP) is 4.60. The van der Waals surface area contributed by atoms with E-state index in [0.717, 1.165) is 11.1 Å². The van der Waals surface area contributed by atoms with Crippen molar-refractivity contribution in [2.24, 2.45) is 0 Å².